The molecule has 0 radical (unpaired) electrons. The molecule has 73 heavy (non-hydrogen) atoms. The molecule has 400 valence electrons. The zero-order chi connectivity index (χ0) is 53.4. The quantitative estimate of drug-likeness (QED) is 0.0197. The number of carbonyl (C=O) groups excluding carboxylic acids is 3. The van der Waals surface area contributed by atoms with E-state index < -0.39 is 25.2 Å². The molecule has 1 amide bonds. The van der Waals surface area contributed by atoms with E-state index in [1.54, 1.807) is 72.8 Å². The van der Waals surface area contributed by atoms with Crippen molar-refractivity contribution in [1.82, 2.24) is 20.3 Å². The first-order valence-corrected chi connectivity index (χ1v) is 35.5. The molecule has 1 heterocycles. The topological polar surface area (TPSA) is 184 Å². The predicted molar refractivity (Wildman–Crippen MR) is 303 cm³/mol. The molecule has 0 spiro atoms. The van der Waals surface area contributed by atoms with Crippen LogP contribution in [0.5, 0.6) is 0 Å². The van der Waals surface area contributed by atoms with Crippen molar-refractivity contribution in [3.8, 4) is 0 Å². The molecule has 3 aromatic carbocycles. The van der Waals surface area contributed by atoms with Gasteiger partial charge in [0, 0.05) is 35.8 Å². The summed E-state index contributed by atoms with van der Waals surface area (Å²) in [5.41, 5.74) is 3.33. The van der Waals surface area contributed by atoms with Gasteiger partial charge in [0.1, 0.15) is 0 Å². The van der Waals surface area contributed by atoms with Crippen LogP contribution in [0.25, 0.3) is 0 Å². The number of nitrogens with one attached hydrogen (secondary N) is 4. The van der Waals surface area contributed by atoms with Crippen molar-refractivity contribution in [2.24, 2.45) is 11.8 Å². The third-order valence-electron chi connectivity index (χ3n) is 12.0. The van der Waals surface area contributed by atoms with Gasteiger partial charge in [-0.3, -0.25) is 4.79 Å². The number of hydrogen-bond donors (Lipinski definition) is 4. The Morgan fingerprint density at radius 1 is 0.548 bits per heavy atom. The largest absolute Gasteiger partial charge is 0.462 e. The lowest BCUT2D eigenvalue weighted by molar-refractivity contribution is 0.0419. The van der Waals surface area contributed by atoms with Crippen LogP contribution in [-0.2, 0) is 22.4 Å². The second kappa shape index (κ2) is 30.2. The standard InChI is InChI=1S/C55H85N7O8Si3/c1-13-17-21-42(15-3)39-67-51(64)45-25-31-48(32-26-45)58-54-60-53(61-55(62-54)59-49-33-27-46(28-34-49)52(65)68-40-43(16-4)22-18-14-2)57-47-29-23-44(24-30-47)50(63)56-36-19-20-37-66-38-35-41(5)73(12,69-71(6,7)8)70-72(9,10)11/h23-34,42-43H,5,13-22,35-40H2,1-4,6-12H3,(H,56,63)(H3,57,58,59,60,61,62). The Bertz CT molecular complexity index is 2210. The Kier molecular flexibility index (Phi) is 24.9. The summed E-state index contributed by atoms with van der Waals surface area (Å²) in [4.78, 5) is 52.8. The van der Waals surface area contributed by atoms with Crippen LogP contribution >= 0.6 is 0 Å². The normalized spacial score (nSPS) is 12.6. The number of benzene rings is 3. The van der Waals surface area contributed by atoms with Crippen LogP contribution in [0, 0.1) is 11.8 Å². The van der Waals surface area contributed by atoms with E-state index in [2.05, 4.69) is 116 Å². The van der Waals surface area contributed by atoms with Crippen LogP contribution in [0.4, 0.5) is 34.9 Å². The number of anilines is 6. The molecule has 1 aromatic heterocycles. The molecule has 0 aliphatic heterocycles. The Morgan fingerprint density at radius 3 is 1.32 bits per heavy atom. The molecule has 4 rings (SSSR count). The number of carbonyl (C=O) groups is 3. The number of amides is 1. The monoisotopic (exact) mass is 1060 g/mol. The van der Waals surface area contributed by atoms with Gasteiger partial charge in [-0.25, -0.2) is 9.59 Å². The van der Waals surface area contributed by atoms with Crippen molar-refractivity contribution in [2.75, 3.05) is 48.9 Å². The second-order valence-electron chi connectivity index (χ2n) is 20.7. The molecule has 15 nitrogen and oxygen atoms in total. The van der Waals surface area contributed by atoms with Gasteiger partial charge in [-0.1, -0.05) is 72.8 Å². The van der Waals surface area contributed by atoms with E-state index in [1.807, 2.05) is 0 Å². The lowest BCUT2D eigenvalue weighted by Crippen LogP contribution is -2.54. The second-order valence-corrected chi connectivity index (χ2v) is 33.4. The van der Waals surface area contributed by atoms with E-state index in [0.29, 0.717) is 85.0 Å². The summed E-state index contributed by atoms with van der Waals surface area (Å²) in [6.07, 6.45) is 10.7. The average Bonchev–Trinajstić information content (AvgIpc) is 3.34. The molecule has 0 aliphatic carbocycles. The predicted octanol–water partition coefficient (Wildman–Crippen LogP) is 13.6. The Balaban J connectivity index is 1.37. The molecule has 18 heteroatoms. The molecule has 0 bridgehead atoms. The minimum Gasteiger partial charge on any atom is -0.462 e. The van der Waals surface area contributed by atoms with Crippen LogP contribution in [0.15, 0.2) is 84.6 Å². The minimum absolute atomic E-state index is 0.177. The molecule has 0 saturated heterocycles. The van der Waals surface area contributed by atoms with Gasteiger partial charge in [-0.15, -0.1) is 0 Å². The smallest absolute Gasteiger partial charge is 0.344 e. The maximum atomic E-state index is 13.1. The molecule has 0 fully saturated rings. The number of ether oxygens (including phenoxy) is 3. The number of nitrogens with zero attached hydrogens (tertiary/aromatic N) is 3. The highest BCUT2D eigenvalue weighted by molar-refractivity contribution is 6.90. The fraction of sp³-hybridized carbons (Fsp3) is 0.527. The van der Waals surface area contributed by atoms with E-state index in [9.17, 15) is 14.4 Å². The van der Waals surface area contributed by atoms with Crippen LogP contribution in [0.1, 0.15) is 129 Å². The summed E-state index contributed by atoms with van der Waals surface area (Å²) in [7, 11) is -6.24. The maximum Gasteiger partial charge on any atom is 0.344 e. The summed E-state index contributed by atoms with van der Waals surface area (Å²) in [6, 6.07) is 20.9. The highest BCUT2D eigenvalue weighted by atomic mass is 28.5. The first kappa shape index (κ1) is 60.3. The Labute approximate surface area is 439 Å². The van der Waals surface area contributed by atoms with Crippen molar-refractivity contribution in [1.29, 1.82) is 0 Å². The number of aromatic nitrogens is 3. The van der Waals surface area contributed by atoms with Crippen molar-refractivity contribution in [3.63, 3.8) is 0 Å². The van der Waals surface area contributed by atoms with Gasteiger partial charge in [0.15, 0.2) is 16.6 Å². The highest BCUT2D eigenvalue weighted by Crippen LogP contribution is 2.29. The highest BCUT2D eigenvalue weighted by Gasteiger charge is 2.42. The van der Waals surface area contributed by atoms with E-state index >= 15 is 0 Å². The molecule has 2 atom stereocenters. The van der Waals surface area contributed by atoms with Crippen molar-refractivity contribution in [3.05, 3.63) is 101 Å². The van der Waals surface area contributed by atoms with E-state index in [-0.39, 0.29) is 35.7 Å². The van der Waals surface area contributed by atoms with Gasteiger partial charge in [-0.05, 0) is 168 Å². The van der Waals surface area contributed by atoms with Crippen LogP contribution < -0.4 is 21.3 Å². The zero-order valence-corrected chi connectivity index (χ0v) is 48.7. The van der Waals surface area contributed by atoms with Gasteiger partial charge < -0.3 is 43.7 Å². The SMILES string of the molecule is C=C(CCOCCCCNC(=O)c1ccc(Nc2nc(Nc3ccc(C(=O)OCC(CC)CCCC)cc3)nc(Nc3ccc(C(=O)OCC(CC)CCCC)cc3)n2)cc1)[Si](C)(O[Si](C)(C)C)O[Si](C)(C)C. The number of rotatable bonds is 34. The summed E-state index contributed by atoms with van der Waals surface area (Å²) in [6.45, 7) is 30.6. The third-order valence-corrected chi connectivity index (χ3v) is 21.5. The van der Waals surface area contributed by atoms with Gasteiger partial charge in [-0.2, -0.15) is 15.0 Å². The van der Waals surface area contributed by atoms with Gasteiger partial charge >= 0.3 is 20.5 Å². The summed E-state index contributed by atoms with van der Waals surface area (Å²) in [5.74, 6) is 0.451. The lowest BCUT2D eigenvalue weighted by Gasteiger charge is -2.39. The first-order chi connectivity index (χ1) is 34.7. The summed E-state index contributed by atoms with van der Waals surface area (Å²) >= 11 is 0. The maximum absolute atomic E-state index is 13.1. The lowest BCUT2D eigenvalue weighted by atomic mass is 10.0. The molecule has 4 N–H and O–H groups in total. The number of esters is 2. The van der Waals surface area contributed by atoms with Crippen molar-refractivity contribution in [2.45, 2.75) is 144 Å². The van der Waals surface area contributed by atoms with Gasteiger partial charge in [0.05, 0.1) is 30.9 Å². The van der Waals surface area contributed by atoms with Gasteiger partial charge in [0.2, 0.25) is 17.8 Å². The Hall–Kier alpha value is -5.25. The molecule has 0 saturated carbocycles. The van der Waals surface area contributed by atoms with Crippen LogP contribution in [0.3, 0.4) is 0 Å². The van der Waals surface area contributed by atoms with Crippen molar-refractivity contribution >= 4 is 77.9 Å². The zero-order valence-electron chi connectivity index (χ0n) is 45.7. The molecule has 2 unspecified atom stereocenters. The summed E-state index contributed by atoms with van der Waals surface area (Å²) in [5, 5.41) is 13.7. The first-order valence-electron chi connectivity index (χ1n) is 26.4. The number of hydrogen-bond acceptors (Lipinski definition) is 14. The van der Waals surface area contributed by atoms with Crippen LogP contribution in [-0.4, -0.2) is 91.0 Å². The average molecular weight is 1060 g/mol. The fourth-order valence-corrected chi connectivity index (χ4v) is 19.5. The molecular formula is C55H85N7O8Si3. The molecule has 4 aromatic rings. The van der Waals surface area contributed by atoms with Crippen LogP contribution in [0.2, 0.25) is 45.8 Å². The molecular weight excluding hydrogens is 971 g/mol. The van der Waals surface area contributed by atoms with Gasteiger partial charge in [0.25, 0.3) is 5.91 Å². The van der Waals surface area contributed by atoms with E-state index in [0.717, 1.165) is 69.4 Å². The Morgan fingerprint density at radius 2 is 0.945 bits per heavy atom. The van der Waals surface area contributed by atoms with Crippen molar-refractivity contribution < 1.29 is 36.8 Å². The van der Waals surface area contributed by atoms with E-state index in [1.165, 1.54) is 0 Å². The minimum atomic E-state index is -2.57. The number of unbranched alkanes of at least 4 members (excludes halogenated alkanes) is 3. The fourth-order valence-electron chi connectivity index (χ4n) is 7.86. The summed E-state index contributed by atoms with van der Waals surface area (Å²) < 4.78 is 30.5. The van der Waals surface area contributed by atoms with E-state index in [4.69, 9.17) is 22.4 Å². The third kappa shape index (κ3) is 22.4. The molecule has 0 aliphatic rings.